The molecule has 3 fully saturated rings. The molecule has 0 bridgehead atoms. The summed E-state index contributed by atoms with van der Waals surface area (Å²) in [5.41, 5.74) is 5.94. The molecule has 2 aliphatic carbocycles. The highest BCUT2D eigenvalue weighted by Crippen LogP contribution is 2.38. The lowest BCUT2D eigenvalue weighted by atomic mass is 9.78. The SMILES string of the molecule is C1CCNC1.CCCNC1CC(Oc2ccc(NC(=O)NC3CC(C(C)F)CC(NC(=O)CCCCN)C3O)cc2)CC(C(C)(F)F)C1.F.O.O.[OH]. The first-order chi connectivity index (χ1) is 22.9. The molecule has 0 aromatic heterocycles. The van der Waals surface area contributed by atoms with E-state index >= 15 is 0 Å². The number of hydrogen-bond acceptors (Lipinski definition) is 7. The van der Waals surface area contributed by atoms with Crippen LogP contribution in [0.25, 0.3) is 0 Å². The van der Waals surface area contributed by atoms with Crippen LogP contribution in [0, 0.1) is 11.8 Å². The average molecular weight is 758 g/mol. The minimum atomic E-state index is -2.79. The van der Waals surface area contributed by atoms with Crippen molar-refractivity contribution in [2.45, 2.75) is 134 Å². The number of rotatable bonds is 14. The number of halogens is 4. The Labute approximate surface area is 305 Å². The third-order valence-electron chi connectivity index (χ3n) is 9.54. The zero-order chi connectivity index (χ0) is 35.1. The van der Waals surface area contributed by atoms with Gasteiger partial charge in [-0.2, -0.15) is 0 Å². The Morgan fingerprint density at radius 3 is 2.15 bits per heavy atom. The highest BCUT2D eigenvalue weighted by molar-refractivity contribution is 5.89. The maximum atomic E-state index is 14.3. The van der Waals surface area contributed by atoms with Crippen LogP contribution < -0.4 is 37.1 Å². The van der Waals surface area contributed by atoms with Gasteiger partial charge in [0.1, 0.15) is 18.0 Å². The van der Waals surface area contributed by atoms with Crippen LogP contribution in [0.2, 0.25) is 0 Å². The predicted molar refractivity (Wildman–Crippen MR) is 195 cm³/mol. The van der Waals surface area contributed by atoms with Crippen LogP contribution in [0.15, 0.2) is 24.3 Å². The molecule has 17 heteroatoms. The fraction of sp³-hybridized carbons (Fsp3) is 0.771. The van der Waals surface area contributed by atoms with Gasteiger partial charge in [-0.15, -0.1) is 0 Å². The molecule has 4 rings (SSSR count). The van der Waals surface area contributed by atoms with Crippen molar-refractivity contribution in [3.63, 3.8) is 0 Å². The number of anilines is 1. The van der Waals surface area contributed by atoms with Gasteiger partial charge in [0.2, 0.25) is 11.8 Å². The largest absolute Gasteiger partial charge is 0.490 e. The molecule has 1 radical (unpaired) electrons. The van der Waals surface area contributed by atoms with Gasteiger partial charge in [0.05, 0.1) is 18.2 Å². The van der Waals surface area contributed by atoms with Gasteiger partial charge in [-0.25, -0.2) is 18.0 Å². The Bertz CT molecular complexity index is 1090. The topological polar surface area (TPSA) is 243 Å². The van der Waals surface area contributed by atoms with E-state index in [0.29, 0.717) is 43.7 Å². The van der Waals surface area contributed by atoms with Crippen molar-refractivity contribution in [2.24, 2.45) is 17.6 Å². The molecular weight excluding hydrogens is 692 g/mol. The molecule has 1 aromatic rings. The van der Waals surface area contributed by atoms with E-state index in [1.165, 1.54) is 32.9 Å². The molecule has 305 valence electrons. The lowest BCUT2D eigenvalue weighted by Crippen LogP contribution is -2.59. The van der Waals surface area contributed by atoms with Crippen LogP contribution in [-0.2, 0) is 4.79 Å². The second-order valence-electron chi connectivity index (χ2n) is 13.8. The molecular formula is C35H65F4N6O7. The number of nitrogens with two attached hydrogens (primary N) is 1. The quantitative estimate of drug-likeness (QED) is 0.104. The molecule has 52 heavy (non-hydrogen) atoms. The Hall–Kier alpha value is -2.80. The lowest BCUT2D eigenvalue weighted by Gasteiger charge is -2.40. The highest BCUT2D eigenvalue weighted by atomic mass is 19.3. The summed E-state index contributed by atoms with van der Waals surface area (Å²) in [5, 5.41) is 25.8. The first-order valence-corrected chi connectivity index (χ1v) is 17.9. The van der Waals surface area contributed by atoms with Crippen molar-refractivity contribution in [1.29, 1.82) is 0 Å². The number of ether oxygens (including phenoxy) is 1. The summed E-state index contributed by atoms with van der Waals surface area (Å²) in [5.74, 6) is -3.74. The number of alkyl halides is 3. The fourth-order valence-electron chi connectivity index (χ4n) is 6.74. The smallest absolute Gasteiger partial charge is 0.319 e. The van der Waals surface area contributed by atoms with Crippen LogP contribution in [0.3, 0.4) is 0 Å². The summed E-state index contributed by atoms with van der Waals surface area (Å²) in [4.78, 5) is 25.2. The number of urea groups is 1. The molecule has 3 aliphatic rings. The van der Waals surface area contributed by atoms with E-state index in [4.69, 9.17) is 10.5 Å². The first-order valence-electron chi connectivity index (χ1n) is 17.9. The number of carbonyl (C=O) groups excluding carboxylic acids is 2. The molecule has 1 aliphatic heterocycles. The van der Waals surface area contributed by atoms with E-state index in [2.05, 4.69) is 26.6 Å². The van der Waals surface area contributed by atoms with Crippen molar-refractivity contribution in [3.8, 4) is 5.75 Å². The van der Waals surface area contributed by atoms with Gasteiger partial charge in [0, 0.05) is 24.1 Å². The number of hydrogen-bond donors (Lipinski definition) is 8. The van der Waals surface area contributed by atoms with Gasteiger partial charge in [0.15, 0.2) is 0 Å². The molecule has 1 aromatic carbocycles. The van der Waals surface area contributed by atoms with E-state index < -0.39 is 48.1 Å². The van der Waals surface area contributed by atoms with Gasteiger partial charge < -0.3 is 53.1 Å². The van der Waals surface area contributed by atoms with E-state index in [1.54, 1.807) is 24.3 Å². The van der Waals surface area contributed by atoms with Crippen molar-refractivity contribution in [1.82, 2.24) is 21.3 Å². The molecule has 1 saturated heterocycles. The predicted octanol–water partition coefficient (Wildman–Crippen LogP) is 3.19. The Kier molecular flexibility index (Phi) is 25.7. The molecule has 2 saturated carbocycles. The van der Waals surface area contributed by atoms with Gasteiger partial charge in [-0.05, 0) is 134 Å². The summed E-state index contributed by atoms with van der Waals surface area (Å²) in [6.45, 7) is 8.18. The van der Waals surface area contributed by atoms with E-state index in [1.807, 2.05) is 6.92 Å². The second kappa shape index (κ2) is 26.1. The Morgan fingerprint density at radius 1 is 1.02 bits per heavy atom. The Balaban J connectivity index is 0. The minimum Gasteiger partial charge on any atom is -0.490 e. The number of aliphatic hydroxyl groups is 1. The Morgan fingerprint density at radius 2 is 1.63 bits per heavy atom. The molecule has 3 amide bonds. The van der Waals surface area contributed by atoms with Crippen LogP contribution in [-0.4, -0.2) is 102 Å². The van der Waals surface area contributed by atoms with Gasteiger partial charge >= 0.3 is 6.03 Å². The standard InChI is InChI=1S/C31H50F3N5O4.C4H9N.FH.2H2O.HO/c1-4-13-36-23-16-21(31(3,33)34)17-25(18-23)43-24-10-8-22(9-11-24)37-30(42)39-27-15-20(19(2)32)14-26(29(27)41)38-28(40)7-5-6-12-35;1-2-4-5-3-1;;;;/h8-11,19-21,23,25-27,29,36,41H,4-7,12-18,35H2,1-3H3,(H,38,40)(H2,37,39,42);5H,1-4H2;1H;2*1H2;1H. The van der Waals surface area contributed by atoms with Crippen LogP contribution in [0.5, 0.6) is 5.75 Å². The number of unbranched alkanes of at least 4 members (excludes halogenated alkanes) is 1. The minimum absolute atomic E-state index is 0. The zero-order valence-corrected chi connectivity index (χ0v) is 30.8. The molecule has 8 unspecified atom stereocenters. The number of aliphatic hydroxyl groups excluding tert-OH is 1. The number of amides is 3. The maximum Gasteiger partial charge on any atom is 0.319 e. The lowest BCUT2D eigenvalue weighted by molar-refractivity contribution is -0.123. The van der Waals surface area contributed by atoms with E-state index in [9.17, 15) is 27.9 Å². The van der Waals surface area contributed by atoms with E-state index in [0.717, 1.165) is 19.9 Å². The van der Waals surface area contributed by atoms with Crippen LogP contribution in [0.1, 0.15) is 91.4 Å². The first kappa shape index (κ1) is 51.3. The monoisotopic (exact) mass is 757 g/mol. The second-order valence-corrected chi connectivity index (χ2v) is 13.8. The third-order valence-corrected chi connectivity index (χ3v) is 9.54. The summed E-state index contributed by atoms with van der Waals surface area (Å²) in [6.07, 6.45) is 4.45. The summed E-state index contributed by atoms with van der Waals surface area (Å²) in [6, 6.07) is 4.55. The molecule has 13 N–H and O–H groups in total. The zero-order valence-electron chi connectivity index (χ0n) is 30.8. The fourth-order valence-corrected chi connectivity index (χ4v) is 6.74. The van der Waals surface area contributed by atoms with Crippen LogP contribution >= 0.6 is 0 Å². The average Bonchev–Trinajstić information content (AvgIpc) is 3.63. The highest BCUT2D eigenvalue weighted by Gasteiger charge is 2.42. The summed E-state index contributed by atoms with van der Waals surface area (Å²) < 4.78 is 48.8. The normalized spacial score (nSPS) is 25.9. The van der Waals surface area contributed by atoms with Crippen molar-refractivity contribution in [3.05, 3.63) is 24.3 Å². The third kappa shape index (κ3) is 17.8. The number of carbonyl (C=O) groups is 2. The molecule has 1 heterocycles. The number of nitrogens with one attached hydrogen (secondary N) is 5. The summed E-state index contributed by atoms with van der Waals surface area (Å²) >= 11 is 0. The van der Waals surface area contributed by atoms with Crippen LogP contribution in [0.4, 0.5) is 28.4 Å². The number of benzene rings is 1. The van der Waals surface area contributed by atoms with E-state index in [-0.39, 0.29) is 64.9 Å². The van der Waals surface area contributed by atoms with Gasteiger partial charge in [-0.3, -0.25) is 15.0 Å². The molecule has 0 spiro atoms. The van der Waals surface area contributed by atoms with Crippen molar-refractivity contribution >= 4 is 17.6 Å². The molecule has 8 atom stereocenters. The van der Waals surface area contributed by atoms with Crippen molar-refractivity contribution < 1.29 is 53.7 Å². The van der Waals surface area contributed by atoms with Gasteiger partial charge in [0.25, 0.3) is 0 Å². The summed E-state index contributed by atoms with van der Waals surface area (Å²) in [7, 11) is 0. The molecule has 13 nitrogen and oxygen atoms in total. The van der Waals surface area contributed by atoms with Gasteiger partial charge in [-0.1, -0.05) is 6.92 Å². The maximum absolute atomic E-state index is 14.3. The van der Waals surface area contributed by atoms with Crippen molar-refractivity contribution in [2.75, 3.05) is 31.5 Å².